The largest absolute Gasteiger partial charge is 0.469 e. The molecule has 98 valence electrons. The van der Waals surface area contributed by atoms with E-state index in [1.54, 1.807) is 20.8 Å². The van der Waals surface area contributed by atoms with E-state index in [9.17, 15) is 9.59 Å². The highest BCUT2D eigenvalue weighted by Gasteiger charge is 2.35. The lowest BCUT2D eigenvalue weighted by atomic mass is 10.0. The minimum atomic E-state index is -0.524. The van der Waals surface area contributed by atoms with Crippen LogP contribution in [0.1, 0.15) is 40.0 Å². The lowest BCUT2D eigenvalue weighted by molar-refractivity contribution is -0.145. The number of hydrogen-bond donors (Lipinski definition) is 1. The van der Waals surface area contributed by atoms with Crippen molar-refractivity contribution in [2.24, 2.45) is 5.92 Å². The molecule has 5 nitrogen and oxygen atoms in total. The third kappa shape index (κ3) is 4.24. The second kappa shape index (κ2) is 5.38. The summed E-state index contributed by atoms with van der Waals surface area (Å²) in [6.07, 6.45) is 1.99. The zero-order valence-electron chi connectivity index (χ0n) is 10.9. The molecule has 0 heterocycles. The second-order valence-corrected chi connectivity index (χ2v) is 5.31. The van der Waals surface area contributed by atoms with Crippen LogP contribution in [0.15, 0.2) is 0 Å². The number of rotatable bonds is 2. The summed E-state index contributed by atoms with van der Waals surface area (Å²) in [4.78, 5) is 23.1. The lowest BCUT2D eigenvalue weighted by Crippen LogP contribution is -2.43. The fourth-order valence-corrected chi connectivity index (χ4v) is 2.03. The summed E-state index contributed by atoms with van der Waals surface area (Å²) >= 11 is 0. The van der Waals surface area contributed by atoms with Gasteiger partial charge in [0.25, 0.3) is 0 Å². The Morgan fingerprint density at radius 3 is 2.41 bits per heavy atom. The predicted octanol–water partition coefficient (Wildman–Crippen LogP) is 1.85. The van der Waals surface area contributed by atoms with Crippen LogP contribution in [-0.2, 0) is 14.3 Å². The summed E-state index contributed by atoms with van der Waals surface area (Å²) in [7, 11) is 1.37. The zero-order valence-corrected chi connectivity index (χ0v) is 10.9. The van der Waals surface area contributed by atoms with Gasteiger partial charge in [-0.15, -0.1) is 0 Å². The number of ether oxygens (including phenoxy) is 2. The normalized spacial score (nSPS) is 24.2. The van der Waals surface area contributed by atoms with E-state index >= 15 is 0 Å². The molecule has 1 amide bonds. The molecule has 0 aromatic carbocycles. The molecule has 1 aliphatic rings. The van der Waals surface area contributed by atoms with Crippen molar-refractivity contribution < 1.29 is 19.1 Å². The molecule has 1 fully saturated rings. The van der Waals surface area contributed by atoms with E-state index in [-0.39, 0.29) is 17.9 Å². The van der Waals surface area contributed by atoms with E-state index in [1.807, 2.05) is 0 Å². The molecule has 1 N–H and O–H groups in total. The Hall–Kier alpha value is -1.26. The highest BCUT2D eigenvalue weighted by Crippen LogP contribution is 2.27. The number of carbonyl (C=O) groups is 2. The fraction of sp³-hybridized carbons (Fsp3) is 0.833. The average Bonchev–Trinajstić information content (AvgIpc) is 2.61. The molecule has 0 aromatic rings. The fourth-order valence-electron chi connectivity index (χ4n) is 2.03. The quantitative estimate of drug-likeness (QED) is 0.752. The van der Waals surface area contributed by atoms with Crippen molar-refractivity contribution in [3.8, 4) is 0 Å². The maximum atomic E-state index is 11.6. The molecule has 0 spiro atoms. The van der Waals surface area contributed by atoms with Crippen LogP contribution >= 0.6 is 0 Å². The van der Waals surface area contributed by atoms with Crippen molar-refractivity contribution in [2.45, 2.75) is 51.7 Å². The SMILES string of the molecule is COC(=O)[C@@H]1CCC[C@@H]1NC(=O)OC(C)(C)C. The number of nitrogens with one attached hydrogen (secondary N) is 1. The topological polar surface area (TPSA) is 64.6 Å². The van der Waals surface area contributed by atoms with Gasteiger partial charge >= 0.3 is 12.1 Å². The van der Waals surface area contributed by atoms with Gasteiger partial charge in [-0.05, 0) is 33.6 Å². The Morgan fingerprint density at radius 1 is 1.24 bits per heavy atom. The van der Waals surface area contributed by atoms with Crippen LogP contribution in [-0.4, -0.2) is 30.8 Å². The molecule has 1 rings (SSSR count). The van der Waals surface area contributed by atoms with Crippen LogP contribution in [0.5, 0.6) is 0 Å². The maximum Gasteiger partial charge on any atom is 0.407 e. The van der Waals surface area contributed by atoms with Crippen molar-refractivity contribution in [1.29, 1.82) is 0 Å². The smallest absolute Gasteiger partial charge is 0.407 e. The summed E-state index contributed by atoms with van der Waals surface area (Å²) in [6, 6.07) is -0.169. The minimum Gasteiger partial charge on any atom is -0.469 e. The lowest BCUT2D eigenvalue weighted by Gasteiger charge is -2.23. The number of carbonyl (C=O) groups excluding carboxylic acids is 2. The van der Waals surface area contributed by atoms with Crippen molar-refractivity contribution in [3.05, 3.63) is 0 Å². The van der Waals surface area contributed by atoms with Crippen LogP contribution in [0, 0.1) is 5.92 Å². The summed E-state index contributed by atoms with van der Waals surface area (Å²) in [5.41, 5.74) is -0.524. The highest BCUT2D eigenvalue weighted by molar-refractivity contribution is 5.75. The number of hydrogen-bond acceptors (Lipinski definition) is 4. The monoisotopic (exact) mass is 243 g/mol. The van der Waals surface area contributed by atoms with Gasteiger partial charge in [0.15, 0.2) is 0 Å². The second-order valence-electron chi connectivity index (χ2n) is 5.31. The van der Waals surface area contributed by atoms with Crippen molar-refractivity contribution >= 4 is 12.1 Å². The molecular weight excluding hydrogens is 222 g/mol. The number of methoxy groups -OCH3 is 1. The van der Waals surface area contributed by atoms with Crippen molar-refractivity contribution in [1.82, 2.24) is 5.32 Å². The first kappa shape index (κ1) is 13.8. The Kier molecular flexibility index (Phi) is 4.37. The number of esters is 1. The zero-order chi connectivity index (χ0) is 13.1. The first-order valence-electron chi connectivity index (χ1n) is 5.91. The molecule has 0 unspecified atom stereocenters. The van der Waals surface area contributed by atoms with Gasteiger partial charge in [-0.1, -0.05) is 6.42 Å². The molecule has 0 aliphatic heterocycles. The van der Waals surface area contributed by atoms with E-state index < -0.39 is 11.7 Å². The maximum absolute atomic E-state index is 11.6. The molecule has 1 aliphatic carbocycles. The Bertz CT molecular complexity index is 295. The predicted molar refractivity (Wildman–Crippen MR) is 62.5 cm³/mol. The van der Waals surface area contributed by atoms with Gasteiger partial charge in [0, 0.05) is 6.04 Å². The van der Waals surface area contributed by atoms with E-state index in [0.717, 1.165) is 19.3 Å². The third-order valence-corrected chi connectivity index (χ3v) is 2.72. The third-order valence-electron chi connectivity index (χ3n) is 2.72. The summed E-state index contributed by atoms with van der Waals surface area (Å²) < 4.78 is 9.87. The van der Waals surface area contributed by atoms with Crippen LogP contribution < -0.4 is 5.32 Å². The molecule has 0 saturated heterocycles. The Labute approximate surface area is 102 Å². The molecule has 2 atom stereocenters. The van der Waals surface area contributed by atoms with Gasteiger partial charge in [0.2, 0.25) is 0 Å². The Balaban J connectivity index is 2.50. The highest BCUT2D eigenvalue weighted by atomic mass is 16.6. The average molecular weight is 243 g/mol. The molecule has 17 heavy (non-hydrogen) atoms. The van der Waals surface area contributed by atoms with Crippen LogP contribution in [0.3, 0.4) is 0 Å². The van der Waals surface area contributed by atoms with Gasteiger partial charge in [-0.3, -0.25) is 4.79 Å². The standard InChI is InChI=1S/C12H21NO4/c1-12(2,3)17-11(15)13-9-7-5-6-8(9)10(14)16-4/h8-9H,5-7H2,1-4H3,(H,13,15)/t8-,9+/m1/s1. The molecule has 0 aromatic heterocycles. The number of amides is 1. The van der Waals surface area contributed by atoms with Gasteiger partial charge in [-0.25, -0.2) is 4.79 Å². The summed E-state index contributed by atoms with van der Waals surface area (Å²) in [5, 5.41) is 2.74. The van der Waals surface area contributed by atoms with Crippen molar-refractivity contribution in [2.75, 3.05) is 7.11 Å². The first-order chi connectivity index (χ1) is 7.83. The van der Waals surface area contributed by atoms with E-state index in [1.165, 1.54) is 7.11 Å². The van der Waals surface area contributed by atoms with E-state index in [0.29, 0.717) is 0 Å². The van der Waals surface area contributed by atoms with Gasteiger partial charge in [0.1, 0.15) is 5.60 Å². The van der Waals surface area contributed by atoms with Crippen LogP contribution in [0.2, 0.25) is 0 Å². The van der Waals surface area contributed by atoms with Crippen LogP contribution in [0.4, 0.5) is 4.79 Å². The number of alkyl carbamates (subject to hydrolysis) is 1. The van der Waals surface area contributed by atoms with Gasteiger partial charge < -0.3 is 14.8 Å². The molecule has 0 radical (unpaired) electrons. The van der Waals surface area contributed by atoms with Gasteiger partial charge in [0.05, 0.1) is 13.0 Å². The summed E-state index contributed by atoms with van der Waals surface area (Å²) in [5.74, 6) is -0.504. The first-order valence-corrected chi connectivity index (χ1v) is 5.91. The minimum absolute atomic E-state index is 0.169. The van der Waals surface area contributed by atoms with Crippen molar-refractivity contribution in [3.63, 3.8) is 0 Å². The molecular formula is C12H21NO4. The molecule has 1 saturated carbocycles. The Morgan fingerprint density at radius 2 is 1.88 bits per heavy atom. The summed E-state index contributed by atoms with van der Waals surface area (Å²) in [6.45, 7) is 5.41. The van der Waals surface area contributed by atoms with E-state index in [4.69, 9.17) is 9.47 Å². The molecule has 0 bridgehead atoms. The van der Waals surface area contributed by atoms with Gasteiger partial charge in [-0.2, -0.15) is 0 Å². The molecule has 5 heteroatoms. The van der Waals surface area contributed by atoms with Crippen LogP contribution in [0.25, 0.3) is 0 Å². The van der Waals surface area contributed by atoms with E-state index in [2.05, 4.69) is 5.32 Å².